The number of hydrogen-bond acceptors (Lipinski definition) is 5. The Hall–Kier alpha value is -4.00. The lowest BCUT2D eigenvalue weighted by molar-refractivity contribution is 0.414. The maximum Gasteiger partial charge on any atom is 0.280 e. The van der Waals surface area contributed by atoms with E-state index in [0.29, 0.717) is 23.2 Å². The van der Waals surface area contributed by atoms with E-state index in [1.807, 2.05) is 67.6 Å². The molecule has 0 amide bonds. The molecular weight excluding hydrogens is 378 g/mol. The summed E-state index contributed by atoms with van der Waals surface area (Å²) in [5.74, 6) is 0.779. The van der Waals surface area contributed by atoms with Gasteiger partial charge in [-0.05, 0) is 36.2 Å². The molecule has 0 bridgehead atoms. The third kappa shape index (κ3) is 2.91. The molecule has 30 heavy (non-hydrogen) atoms. The molecule has 0 aliphatic rings. The van der Waals surface area contributed by atoms with E-state index in [0.717, 1.165) is 28.1 Å². The molecule has 2 aromatic carbocycles. The second-order valence-electron chi connectivity index (χ2n) is 7.09. The number of aromatic nitrogens is 5. The van der Waals surface area contributed by atoms with Gasteiger partial charge in [-0.2, -0.15) is 5.10 Å². The fourth-order valence-electron chi connectivity index (χ4n) is 3.69. The Morgan fingerprint density at radius 1 is 0.967 bits per heavy atom. The van der Waals surface area contributed by atoms with Crippen molar-refractivity contribution in [2.45, 2.75) is 13.5 Å². The van der Waals surface area contributed by atoms with Crippen molar-refractivity contribution in [1.29, 1.82) is 0 Å². The van der Waals surface area contributed by atoms with Crippen LogP contribution in [0.25, 0.3) is 27.8 Å². The van der Waals surface area contributed by atoms with Crippen molar-refractivity contribution in [3.05, 3.63) is 88.5 Å². The van der Waals surface area contributed by atoms with Crippen molar-refractivity contribution >= 4 is 16.7 Å². The molecule has 5 rings (SSSR count). The van der Waals surface area contributed by atoms with E-state index in [2.05, 4.69) is 15.3 Å². The second kappa shape index (κ2) is 7.11. The minimum Gasteiger partial charge on any atom is -0.497 e. The van der Waals surface area contributed by atoms with Crippen molar-refractivity contribution in [3.8, 4) is 16.9 Å². The van der Waals surface area contributed by atoms with Gasteiger partial charge in [-0.15, -0.1) is 10.2 Å². The highest BCUT2D eigenvalue weighted by molar-refractivity contribution is 5.84. The van der Waals surface area contributed by atoms with Crippen LogP contribution in [0, 0.1) is 6.92 Å². The summed E-state index contributed by atoms with van der Waals surface area (Å²) in [7, 11) is 1.63. The molecule has 3 heterocycles. The third-order valence-electron chi connectivity index (χ3n) is 5.20. The van der Waals surface area contributed by atoms with Crippen molar-refractivity contribution in [2.24, 2.45) is 0 Å². The van der Waals surface area contributed by atoms with Crippen LogP contribution in [0.2, 0.25) is 0 Å². The molecule has 5 aromatic rings. The Bertz CT molecular complexity index is 1420. The number of fused-ring (bicyclic) bond motifs is 3. The van der Waals surface area contributed by atoms with E-state index < -0.39 is 0 Å². The quantitative estimate of drug-likeness (QED) is 0.464. The van der Waals surface area contributed by atoms with E-state index in [-0.39, 0.29) is 5.56 Å². The normalized spacial score (nSPS) is 11.3. The van der Waals surface area contributed by atoms with Crippen LogP contribution in [-0.2, 0) is 6.54 Å². The Balaban J connectivity index is 1.62. The molecule has 0 atom stereocenters. The molecule has 0 unspecified atom stereocenters. The van der Waals surface area contributed by atoms with Gasteiger partial charge < -0.3 is 9.30 Å². The maximum atomic E-state index is 13.1. The van der Waals surface area contributed by atoms with Crippen LogP contribution in [-0.4, -0.2) is 31.5 Å². The van der Waals surface area contributed by atoms with Crippen LogP contribution in [0.5, 0.6) is 5.75 Å². The summed E-state index contributed by atoms with van der Waals surface area (Å²) in [6.45, 7) is 2.37. The van der Waals surface area contributed by atoms with E-state index in [1.54, 1.807) is 22.4 Å². The van der Waals surface area contributed by atoms with Gasteiger partial charge in [0.15, 0.2) is 11.2 Å². The molecular formula is C23H19N5O2. The molecule has 0 radical (unpaired) electrons. The monoisotopic (exact) mass is 397 g/mol. The van der Waals surface area contributed by atoms with Gasteiger partial charge in [0.1, 0.15) is 11.3 Å². The van der Waals surface area contributed by atoms with Gasteiger partial charge in [0.25, 0.3) is 5.56 Å². The Morgan fingerprint density at radius 3 is 2.47 bits per heavy atom. The van der Waals surface area contributed by atoms with Crippen molar-refractivity contribution in [2.75, 3.05) is 7.11 Å². The number of methoxy groups -OCH3 is 1. The molecule has 0 saturated heterocycles. The number of nitrogens with zero attached hydrogens (tertiary/aromatic N) is 5. The zero-order valence-corrected chi connectivity index (χ0v) is 16.6. The molecule has 7 nitrogen and oxygen atoms in total. The number of benzene rings is 2. The van der Waals surface area contributed by atoms with Gasteiger partial charge >= 0.3 is 0 Å². The Kier molecular flexibility index (Phi) is 4.28. The Labute approximate surface area is 172 Å². The topological polar surface area (TPSA) is 74.3 Å². The number of hydrogen-bond donors (Lipinski definition) is 0. The van der Waals surface area contributed by atoms with Crippen LogP contribution in [0.1, 0.15) is 11.3 Å². The van der Waals surface area contributed by atoms with E-state index in [9.17, 15) is 4.79 Å². The highest BCUT2D eigenvalue weighted by atomic mass is 16.5. The summed E-state index contributed by atoms with van der Waals surface area (Å²) in [6.07, 6.45) is 1.77. The summed E-state index contributed by atoms with van der Waals surface area (Å²) >= 11 is 0. The number of rotatable bonds is 4. The van der Waals surface area contributed by atoms with Crippen LogP contribution in [0.4, 0.5) is 0 Å². The van der Waals surface area contributed by atoms with E-state index in [4.69, 9.17) is 4.74 Å². The minimum absolute atomic E-state index is 0.202. The minimum atomic E-state index is -0.202. The predicted octanol–water partition coefficient (Wildman–Crippen LogP) is 3.47. The number of ether oxygens (including phenoxy) is 1. The van der Waals surface area contributed by atoms with Crippen LogP contribution in [0.15, 0.2) is 71.7 Å². The first-order valence-corrected chi connectivity index (χ1v) is 9.59. The highest BCUT2D eigenvalue weighted by Gasteiger charge is 2.17. The zero-order chi connectivity index (χ0) is 20.7. The molecule has 3 aromatic heterocycles. The second-order valence-corrected chi connectivity index (χ2v) is 7.09. The van der Waals surface area contributed by atoms with Gasteiger partial charge in [-0.25, -0.2) is 4.52 Å². The van der Waals surface area contributed by atoms with E-state index in [1.165, 1.54) is 0 Å². The SMILES string of the molecule is COc1ccc(Cn2ccc3c(nnc4c(-c5ccccc5)c(C)nn43)c2=O)cc1. The lowest BCUT2D eigenvalue weighted by atomic mass is 10.1. The molecule has 0 fully saturated rings. The average molecular weight is 397 g/mol. The molecule has 0 saturated carbocycles. The molecule has 7 heteroatoms. The lowest BCUT2D eigenvalue weighted by Gasteiger charge is -2.08. The van der Waals surface area contributed by atoms with Gasteiger partial charge in [0.05, 0.1) is 24.9 Å². The summed E-state index contributed by atoms with van der Waals surface area (Å²) in [6, 6.07) is 19.5. The highest BCUT2D eigenvalue weighted by Crippen LogP contribution is 2.27. The fraction of sp³-hybridized carbons (Fsp3) is 0.130. The third-order valence-corrected chi connectivity index (χ3v) is 5.20. The first-order chi connectivity index (χ1) is 14.7. The zero-order valence-electron chi connectivity index (χ0n) is 16.6. The standard InChI is InChI=1S/C23H19N5O2/c1-15-20(17-6-4-3-5-7-17)22-25-24-21-19(28(22)26-15)12-13-27(23(21)29)14-16-8-10-18(30-2)11-9-16/h3-13H,14H2,1-2H3. The Morgan fingerprint density at radius 2 is 1.73 bits per heavy atom. The number of aryl methyl sites for hydroxylation is 1. The first-order valence-electron chi connectivity index (χ1n) is 9.59. The van der Waals surface area contributed by atoms with Crippen molar-refractivity contribution in [3.63, 3.8) is 0 Å². The molecule has 0 aliphatic carbocycles. The number of pyridine rings is 1. The van der Waals surface area contributed by atoms with Crippen molar-refractivity contribution in [1.82, 2.24) is 24.4 Å². The first kappa shape index (κ1) is 18.1. The molecule has 0 spiro atoms. The van der Waals surface area contributed by atoms with Gasteiger partial charge in [-0.3, -0.25) is 4.79 Å². The summed E-state index contributed by atoms with van der Waals surface area (Å²) in [5, 5.41) is 13.3. The van der Waals surface area contributed by atoms with Crippen LogP contribution >= 0.6 is 0 Å². The molecule has 0 aliphatic heterocycles. The average Bonchev–Trinajstić information content (AvgIpc) is 3.13. The van der Waals surface area contributed by atoms with Crippen molar-refractivity contribution < 1.29 is 4.74 Å². The van der Waals surface area contributed by atoms with Gasteiger partial charge in [0.2, 0.25) is 0 Å². The van der Waals surface area contributed by atoms with Crippen LogP contribution < -0.4 is 10.3 Å². The fourth-order valence-corrected chi connectivity index (χ4v) is 3.69. The van der Waals surface area contributed by atoms with Gasteiger partial charge in [0, 0.05) is 6.20 Å². The van der Waals surface area contributed by atoms with Gasteiger partial charge in [-0.1, -0.05) is 42.5 Å². The summed E-state index contributed by atoms with van der Waals surface area (Å²) in [5.41, 5.74) is 5.14. The predicted molar refractivity (Wildman–Crippen MR) is 115 cm³/mol. The molecule has 0 N–H and O–H groups in total. The van der Waals surface area contributed by atoms with E-state index >= 15 is 0 Å². The molecule has 148 valence electrons. The maximum absolute atomic E-state index is 13.1. The summed E-state index contributed by atoms with van der Waals surface area (Å²) < 4.78 is 8.52. The summed E-state index contributed by atoms with van der Waals surface area (Å²) in [4.78, 5) is 13.1. The largest absolute Gasteiger partial charge is 0.497 e. The van der Waals surface area contributed by atoms with Crippen LogP contribution in [0.3, 0.4) is 0 Å². The smallest absolute Gasteiger partial charge is 0.280 e. The lowest BCUT2D eigenvalue weighted by Crippen LogP contribution is -2.22.